The molecule has 1 rings (SSSR count). The lowest BCUT2D eigenvalue weighted by Crippen LogP contribution is -2.34. The predicted octanol–water partition coefficient (Wildman–Crippen LogP) is -0.323. The second-order valence-corrected chi connectivity index (χ2v) is 2.18. The molecule has 1 aliphatic heterocycles. The normalized spacial score (nSPS) is 30.1. The molecule has 0 radical (unpaired) electrons. The molecule has 1 heterocycles. The highest BCUT2D eigenvalue weighted by molar-refractivity contribution is 5.83. The zero-order valence-corrected chi connectivity index (χ0v) is 5.78. The van der Waals surface area contributed by atoms with Gasteiger partial charge in [0.1, 0.15) is 6.10 Å². The van der Waals surface area contributed by atoms with Gasteiger partial charge in [0.05, 0.1) is 0 Å². The average Bonchev–Trinajstić information content (AvgIpc) is 2.33. The minimum atomic E-state index is -0.468. The molecule has 0 aliphatic carbocycles. The first-order valence-corrected chi connectivity index (χ1v) is 3.22. The number of aliphatic imine (C=N–C) groups is 1. The molecule has 1 aliphatic rings. The van der Waals surface area contributed by atoms with E-state index in [1.54, 1.807) is 0 Å². The summed E-state index contributed by atoms with van der Waals surface area (Å²) in [7, 11) is 0. The molecule has 56 valence electrons. The van der Waals surface area contributed by atoms with Gasteiger partial charge in [-0.25, -0.2) is 4.99 Å². The molecule has 1 amide bonds. The fourth-order valence-electron chi connectivity index (χ4n) is 0.925. The van der Waals surface area contributed by atoms with Crippen LogP contribution in [0.25, 0.3) is 0 Å². The third-order valence-corrected chi connectivity index (χ3v) is 1.50. The van der Waals surface area contributed by atoms with Crippen molar-refractivity contribution in [3.05, 3.63) is 0 Å². The van der Waals surface area contributed by atoms with Crippen molar-refractivity contribution in [2.75, 3.05) is 0 Å². The van der Waals surface area contributed by atoms with E-state index < -0.39 is 11.9 Å². The van der Waals surface area contributed by atoms with Crippen molar-refractivity contribution in [1.82, 2.24) is 0 Å². The average molecular weight is 142 g/mol. The maximum Gasteiger partial charge on any atom is 0.246 e. The maximum absolute atomic E-state index is 10.6. The number of carbonyl (C=O) groups excluding carboxylic acids is 1. The van der Waals surface area contributed by atoms with Crippen LogP contribution >= 0.6 is 0 Å². The molecule has 2 N–H and O–H groups in total. The van der Waals surface area contributed by atoms with Gasteiger partial charge in [-0.2, -0.15) is 0 Å². The van der Waals surface area contributed by atoms with E-state index in [0.717, 1.165) is 6.42 Å². The van der Waals surface area contributed by atoms with Crippen molar-refractivity contribution in [1.29, 1.82) is 0 Å². The fourth-order valence-corrected chi connectivity index (χ4v) is 0.925. The first kappa shape index (κ1) is 7.05. The Morgan fingerprint density at radius 3 is 3.00 bits per heavy atom. The van der Waals surface area contributed by atoms with E-state index in [1.807, 2.05) is 6.92 Å². The summed E-state index contributed by atoms with van der Waals surface area (Å²) < 4.78 is 4.98. The van der Waals surface area contributed by atoms with Crippen LogP contribution in [0.15, 0.2) is 4.99 Å². The molecule has 4 nitrogen and oxygen atoms in total. The molecular weight excluding hydrogens is 132 g/mol. The highest BCUT2D eigenvalue weighted by Crippen LogP contribution is 2.11. The highest BCUT2D eigenvalue weighted by Gasteiger charge is 2.28. The number of hydrogen-bond acceptors (Lipinski definition) is 3. The van der Waals surface area contributed by atoms with Crippen LogP contribution in [-0.4, -0.2) is 24.5 Å². The number of carbonyl (C=O) groups is 1. The van der Waals surface area contributed by atoms with E-state index in [1.165, 1.54) is 6.40 Å². The standard InChI is InChI=1S/C6H10N2O2/c1-2-4-5(6(7)9)8-3-10-4/h3-5H,2H2,1H3,(H2,7,9)/t4-,5+/m1/s1. The van der Waals surface area contributed by atoms with Gasteiger partial charge in [-0.15, -0.1) is 0 Å². The first-order valence-electron chi connectivity index (χ1n) is 3.22. The number of rotatable bonds is 2. The summed E-state index contributed by atoms with van der Waals surface area (Å²) in [6.45, 7) is 1.93. The molecule has 0 aromatic rings. The Hall–Kier alpha value is -1.06. The Morgan fingerprint density at radius 2 is 2.60 bits per heavy atom. The zero-order chi connectivity index (χ0) is 7.56. The number of nitrogens with two attached hydrogens (primary N) is 1. The third kappa shape index (κ3) is 1.10. The second-order valence-electron chi connectivity index (χ2n) is 2.18. The Labute approximate surface area is 59.1 Å². The Kier molecular flexibility index (Phi) is 1.89. The van der Waals surface area contributed by atoms with Crippen LogP contribution in [0.5, 0.6) is 0 Å². The van der Waals surface area contributed by atoms with Gasteiger partial charge >= 0.3 is 0 Å². The summed E-state index contributed by atoms with van der Waals surface area (Å²) in [6, 6.07) is -0.468. The van der Waals surface area contributed by atoms with Gasteiger partial charge < -0.3 is 10.5 Å². The van der Waals surface area contributed by atoms with Crippen LogP contribution in [0.1, 0.15) is 13.3 Å². The van der Waals surface area contributed by atoms with Crippen molar-refractivity contribution in [2.24, 2.45) is 10.7 Å². The van der Waals surface area contributed by atoms with Crippen LogP contribution < -0.4 is 5.73 Å². The Bertz CT molecular complexity index is 167. The van der Waals surface area contributed by atoms with Crippen LogP contribution in [0.3, 0.4) is 0 Å². The minimum absolute atomic E-state index is 0.141. The molecular formula is C6H10N2O2. The lowest BCUT2D eigenvalue weighted by atomic mass is 10.1. The molecule has 10 heavy (non-hydrogen) atoms. The van der Waals surface area contributed by atoms with Gasteiger partial charge in [0.25, 0.3) is 0 Å². The number of primary amides is 1. The van der Waals surface area contributed by atoms with Crippen molar-refractivity contribution in [2.45, 2.75) is 25.5 Å². The Balaban J connectivity index is 2.57. The monoisotopic (exact) mass is 142 g/mol. The van der Waals surface area contributed by atoms with E-state index in [2.05, 4.69) is 4.99 Å². The molecule has 0 aromatic carbocycles. The number of amides is 1. The molecule has 0 bridgehead atoms. The van der Waals surface area contributed by atoms with E-state index in [0.29, 0.717) is 0 Å². The molecule has 0 saturated carbocycles. The van der Waals surface area contributed by atoms with Crippen molar-refractivity contribution < 1.29 is 9.53 Å². The van der Waals surface area contributed by atoms with Gasteiger partial charge in [0.2, 0.25) is 5.91 Å². The van der Waals surface area contributed by atoms with Gasteiger partial charge in [0.15, 0.2) is 12.4 Å². The molecule has 2 atom stereocenters. The van der Waals surface area contributed by atoms with Crippen LogP contribution in [0.4, 0.5) is 0 Å². The zero-order valence-electron chi connectivity index (χ0n) is 5.78. The van der Waals surface area contributed by atoms with Crippen molar-refractivity contribution in [3.63, 3.8) is 0 Å². The quantitative estimate of drug-likeness (QED) is 0.574. The number of hydrogen-bond donors (Lipinski definition) is 1. The summed E-state index contributed by atoms with van der Waals surface area (Å²) in [5.41, 5.74) is 5.03. The van der Waals surface area contributed by atoms with Crippen LogP contribution in [-0.2, 0) is 9.53 Å². The largest absolute Gasteiger partial charge is 0.478 e. The first-order chi connectivity index (χ1) is 4.75. The topological polar surface area (TPSA) is 64.7 Å². The SMILES string of the molecule is CC[C@H]1OC=N[C@@H]1C(N)=O. The summed E-state index contributed by atoms with van der Waals surface area (Å²) in [4.78, 5) is 14.4. The molecule has 0 unspecified atom stereocenters. The van der Waals surface area contributed by atoms with Crippen molar-refractivity contribution in [3.8, 4) is 0 Å². The van der Waals surface area contributed by atoms with Crippen molar-refractivity contribution >= 4 is 12.3 Å². The van der Waals surface area contributed by atoms with Gasteiger partial charge in [-0.3, -0.25) is 4.79 Å². The summed E-state index contributed by atoms with van der Waals surface area (Å²) in [6.07, 6.45) is 1.91. The van der Waals surface area contributed by atoms with E-state index in [-0.39, 0.29) is 6.10 Å². The van der Waals surface area contributed by atoms with Gasteiger partial charge in [-0.05, 0) is 6.42 Å². The Morgan fingerprint density at radius 1 is 1.90 bits per heavy atom. The van der Waals surface area contributed by atoms with Crippen LogP contribution in [0.2, 0.25) is 0 Å². The molecule has 4 heteroatoms. The second kappa shape index (κ2) is 2.68. The minimum Gasteiger partial charge on any atom is -0.478 e. The lowest BCUT2D eigenvalue weighted by molar-refractivity contribution is -0.120. The summed E-state index contributed by atoms with van der Waals surface area (Å²) in [5, 5.41) is 0. The molecule has 0 fully saturated rings. The number of nitrogens with zero attached hydrogens (tertiary/aromatic N) is 1. The predicted molar refractivity (Wildman–Crippen MR) is 36.6 cm³/mol. The highest BCUT2D eigenvalue weighted by atomic mass is 16.5. The van der Waals surface area contributed by atoms with E-state index in [4.69, 9.17) is 10.5 Å². The number of ether oxygens (including phenoxy) is 1. The van der Waals surface area contributed by atoms with E-state index in [9.17, 15) is 4.79 Å². The van der Waals surface area contributed by atoms with Crippen LogP contribution in [0, 0.1) is 0 Å². The maximum atomic E-state index is 10.6. The van der Waals surface area contributed by atoms with Gasteiger partial charge in [-0.1, -0.05) is 6.92 Å². The fraction of sp³-hybridized carbons (Fsp3) is 0.667. The smallest absolute Gasteiger partial charge is 0.246 e. The molecule has 0 aromatic heterocycles. The molecule has 0 saturated heterocycles. The van der Waals surface area contributed by atoms with E-state index >= 15 is 0 Å². The lowest BCUT2D eigenvalue weighted by Gasteiger charge is -2.10. The third-order valence-electron chi connectivity index (χ3n) is 1.50. The molecule has 0 spiro atoms. The summed E-state index contributed by atoms with van der Waals surface area (Å²) >= 11 is 0. The summed E-state index contributed by atoms with van der Waals surface area (Å²) in [5.74, 6) is -0.416. The van der Waals surface area contributed by atoms with Gasteiger partial charge in [0, 0.05) is 0 Å².